The molecule has 0 amide bonds. The first kappa shape index (κ1) is 36.8. The minimum atomic E-state index is -0.873. The molecule has 14 heteroatoms. The third kappa shape index (κ3) is 8.47. The first-order valence-corrected chi connectivity index (χ1v) is 18.5. The highest BCUT2D eigenvalue weighted by molar-refractivity contribution is 14.1. The van der Waals surface area contributed by atoms with Gasteiger partial charge in [-0.15, -0.1) is 0 Å². The zero-order valence-electron chi connectivity index (χ0n) is 26.9. The van der Waals surface area contributed by atoms with Gasteiger partial charge in [0.1, 0.15) is 12.4 Å². The Morgan fingerprint density at radius 3 is 2.35 bits per heavy atom. The number of nitrogens with zero attached hydrogens (tertiary/aromatic N) is 2. The average Bonchev–Trinajstić information content (AvgIpc) is 3.37. The molecule has 256 valence electrons. The molecule has 49 heavy (non-hydrogen) atoms. The van der Waals surface area contributed by atoms with Crippen molar-refractivity contribution < 1.29 is 33.3 Å². The van der Waals surface area contributed by atoms with Gasteiger partial charge in [-0.2, -0.15) is 0 Å². The van der Waals surface area contributed by atoms with E-state index in [9.17, 15) is 14.4 Å². The number of fused-ring (bicyclic) bond motifs is 1. The quantitative estimate of drug-likeness (QED) is 0.118. The second kappa shape index (κ2) is 16.5. The lowest BCUT2D eigenvalue weighted by Crippen LogP contribution is -2.40. The Bertz CT molecular complexity index is 2090. The first-order valence-electron chi connectivity index (χ1n) is 15.1. The topological polar surface area (TPSA) is 115 Å². The second-order valence-electron chi connectivity index (χ2n) is 10.5. The van der Waals surface area contributed by atoms with Crippen LogP contribution in [-0.4, -0.2) is 43.4 Å². The number of rotatable bonds is 12. The number of hydrogen-bond acceptors (Lipinski definition) is 10. The number of methoxy groups -OCH3 is 1. The number of halogens is 3. The van der Waals surface area contributed by atoms with Crippen molar-refractivity contribution in [3.63, 3.8) is 0 Å². The van der Waals surface area contributed by atoms with Crippen molar-refractivity contribution in [2.75, 3.05) is 26.9 Å². The Morgan fingerprint density at radius 2 is 1.69 bits per heavy atom. The fraction of sp³-hybridized carbons (Fsp3) is 0.257. The molecule has 1 aliphatic heterocycles. The molecule has 5 rings (SSSR count). The number of aromatic nitrogens is 1. The maximum Gasteiger partial charge on any atom is 0.343 e. The highest BCUT2D eigenvalue weighted by Crippen LogP contribution is 2.37. The van der Waals surface area contributed by atoms with E-state index in [-0.39, 0.29) is 24.3 Å². The summed E-state index contributed by atoms with van der Waals surface area (Å²) in [6.07, 6.45) is 1.78. The zero-order chi connectivity index (χ0) is 35.2. The Balaban J connectivity index is 1.56. The lowest BCUT2D eigenvalue weighted by molar-refractivity contribution is -0.143. The molecular formula is C35H31Br2IN2O8S. The van der Waals surface area contributed by atoms with Crippen LogP contribution in [0.1, 0.15) is 43.5 Å². The standard InChI is InChI=1S/C35H31Br2IN2O8S/c1-5-45-27-16-22(9-12-26(27)47-18-29(41)44-4)31-30(34(43)46-6-2)19(3)39-35-40(31)33(42)28(49-35)15-21-13-24(36)32(25(37)14-21)48-17-20-7-10-23(38)11-8-20/h7-16,31H,5-6,17-18H2,1-4H3/b28-15-/t31-/m1/s1. The summed E-state index contributed by atoms with van der Waals surface area (Å²) in [4.78, 5) is 44.4. The van der Waals surface area contributed by atoms with Gasteiger partial charge in [0.2, 0.25) is 0 Å². The van der Waals surface area contributed by atoms with Crippen LogP contribution < -0.4 is 29.1 Å². The van der Waals surface area contributed by atoms with Gasteiger partial charge in [0, 0.05) is 3.57 Å². The van der Waals surface area contributed by atoms with Crippen LogP contribution in [-0.2, 0) is 25.7 Å². The van der Waals surface area contributed by atoms with Gasteiger partial charge in [0.05, 0.1) is 51.1 Å². The van der Waals surface area contributed by atoms with Crippen LogP contribution >= 0.6 is 65.8 Å². The van der Waals surface area contributed by atoms with Crippen LogP contribution in [0.3, 0.4) is 0 Å². The number of thiazole rings is 1. The molecule has 0 saturated heterocycles. The highest BCUT2D eigenvalue weighted by Gasteiger charge is 2.34. The van der Waals surface area contributed by atoms with E-state index in [4.69, 9.17) is 18.9 Å². The largest absolute Gasteiger partial charge is 0.490 e. The Labute approximate surface area is 316 Å². The fourth-order valence-electron chi connectivity index (χ4n) is 5.07. The van der Waals surface area contributed by atoms with Crippen molar-refractivity contribution in [1.29, 1.82) is 0 Å². The number of carbonyl (C=O) groups is 2. The second-order valence-corrected chi connectivity index (χ2v) is 14.5. The number of benzene rings is 3. The Kier molecular flexibility index (Phi) is 12.4. The lowest BCUT2D eigenvalue weighted by Gasteiger charge is -2.25. The number of esters is 2. The summed E-state index contributed by atoms with van der Waals surface area (Å²) in [5.74, 6) is 0.147. The summed E-state index contributed by atoms with van der Waals surface area (Å²) in [7, 11) is 1.27. The maximum atomic E-state index is 14.2. The number of hydrogen-bond donors (Lipinski definition) is 0. The summed E-state index contributed by atoms with van der Waals surface area (Å²) in [5, 5.41) is 0. The van der Waals surface area contributed by atoms with Crippen LogP contribution in [0, 0.1) is 3.57 Å². The van der Waals surface area contributed by atoms with Crippen molar-refractivity contribution in [3.8, 4) is 17.2 Å². The van der Waals surface area contributed by atoms with Crippen LogP contribution in [0.15, 0.2) is 84.6 Å². The van der Waals surface area contributed by atoms with Crippen molar-refractivity contribution in [1.82, 2.24) is 4.57 Å². The molecule has 0 aliphatic carbocycles. The molecule has 0 bridgehead atoms. The van der Waals surface area contributed by atoms with Crippen LogP contribution in [0.2, 0.25) is 0 Å². The van der Waals surface area contributed by atoms with Gasteiger partial charge in [0.15, 0.2) is 22.9 Å². The number of ether oxygens (including phenoxy) is 5. The van der Waals surface area contributed by atoms with Gasteiger partial charge >= 0.3 is 11.9 Å². The third-order valence-electron chi connectivity index (χ3n) is 7.29. The first-order chi connectivity index (χ1) is 23.5. The van der Waals surface area contributed by atoms with E-state index < -0.39 is 18.0 Å². The maximum absolute atomic E-state index is 14.2. The van der Waals surface area contributed by atoms with E-state index in [1.54, 1.807) is 38.1 Å². The van der Waals surface area contributed by atoms with E-state index in [0.29, 0.717) is 60.0 Å². The average molecular weight is 926 g/mol. The van der Waals surface area contributed by atoms with E-state index in [1.165, 1.54) is 23.0 Å². The van der Waals surface area contributed by atoms with Gasteiger partial charge < -0.3 is 23.7 Å². The molecule has 0 unspecified atom stereocenters. The van der Waals surface area contributed by atoms with E-state index in [0.717, 1.165) is 14.7 Å². The SMILES string of the molecule is CCOC(=O)C1=C(C)N=c2s/c(=C\c3cc(Br)c(OCc4ccc(I)cc4)c(Br)c3)c(=O)n2[C@@H]1c1ccc(OCC(=O)OC)c(OCC)c1. The van der Waals surface area contributed by atoms with Gasteiger partial charge in [-0.05, 0) is 134 Å². The van der Waals surface area contributed by atoms with Gasteiger partial charge in [-0.3, -0.25) is 9.36 Å². The Morgan fingerprint density at radius 1 is 0.980 bits per heavy atom. The summed E-state index contributed by atoms with van der Waals surface area (Å²) in [5.41, 5.74) is 2.67. The van der Waals surface area contributed by atoms with Crippen LogP contribution in [0.25, 0.3) is 6.08 Å². The molecule has 0 fully saturated rings. The van der Waals surface area contributed by atoms with Crippen molar-refractivity contribution >= 4 is 83.8 Å². The molecule has 2 heterocycles. The summed E-state index contributed by atoms with van der Waals surface area (Å²) >= 11 is 10.7. The van der Waals surface area contributed by atoms with Gasteiger partial charge in [0.25, 0.3) is 5.56 Å². The van der Waals surface area contributed by atoms with E-state index in [2.05, 4.69) is 64.2 Å². The summed E-state index contributed by atoms with van der Waals surface area (Å²) in [6.45, 7) is 5.77. The fourth-order valence-corrected chi connectivity index (χ4v) is 7.93. The molecule has 4 aromatic rings. The predicted molar refractivity (Wildman–Crippen MR) is 201 cm³/mol. The van der Waals surface area contributed by atoms with Crippen LogP contribution in [0.4, 0.5) is 0 Å². The summed E-state index contributed by atoms with van der Waals surface area (Å²) in [6, 6.07) is 16.0. The normalized spacial score (nSPS) is 14.2. The monoisotopic (exact) mass is 924 g/mol. The zero-order valence-corrected chi connectivity index (χ0v) is 33.0. The lowest BCUT2D eigenvalue weighted by atomic mass is 9.95. The predicted octanol–water partition coefficient (Wildman–Crippen LogP) is 6.46. The number of carbonyl (C=O) groups excluding carboxylic acids is 2. The summed E-state index contributed by atoms with van der Waals surface area (Å²) < 4.78 is 32.2. The van der Waals surface area contributed by atoms with Crippen LogP contribution in [0.5, 0.6) is 17.2 Å². The third-order valence-corrected chi connectivity index (χ3v) is 10.2. The van der Waals surface area contributed by atoms with Gasteiger partial charge in [-0.1, -0.05) is 29.5 Å². The molecule has 10 nitrogen and oxygen atoms in total. The molecule has 0 N–H and O–H groups in total. The Hall–Kier alpha value is -3.47. The molecule has 1 aromatic heterocycles. The molecule has 0 radical (unpaired) electrons. The molecule has 0 spiro atoms. The van der Waals surface area contributed by atoms with Crippen molar-refractivity contribution in [2.45, 2.75) is 33.4 Å². The number of allylic oxidation sites excluding steroid dienone is 1. The molecule has 3 aromatic carbocycles. The van der Waals surface area contributed by atoms with E-state index >= 15 is 0 Å². The molecule has 1 atom stereocenters. The highest BCUT2D eigenvalue weighted by atomic mass is 127. The molecule has 1 aliphatic rings. The van der Waals surface area contributed by atoms with Crippen molar-refractivity contribution in [2.24, 2.45) is 4.99 Å². The van der Waals surface area contributed by atoms with E-state index in [1.807, 2.05) is 43.3 Å². The van der Waals surface area contributed by atoms with Gasteiger partial charge in [-0.25, -0.2) is 14.6 Å². The molecular weight excluding hydrogens is 895 g/mol. The minimum Gasteiger partial charge on any atom is -0.490 e. The smallest absolute Gasteiger partial charge is 0.343 e. The van der Waals surface area contributed by atoms with Crippen molar-refractivity contribution in [3.05, 3.63) is 115 Å². The minimum absolute atomic E-state index is 0.144. The molecule has 0 saturated carbocycles.